The van der Waals surface area contributed by atoms with Crippen molar-refractivity contribution in [2.75, 3.05) is 18.0 Å². The summed E-state index contributed by atoms with van der Waals surface area (Å²) in [7, 11) is -2.64. The van der Waals surface area contributed by atoms with E-state index < -0.39 is 34.1 Å². The van der Waals surface area contributed by atoms with Crippen LogP contribution in [0.15, 0.2) is 77.7 Å². The van der Waals surface area contributed by atoms with Gasteiger partial charge in [0.05, 0.1) is 22.7 Å². The number of carbonyl (C=O) groups excluding carboxylic acids is 2. The third-order valence-electron chi connectivity index (χ3n) is 6.19. The second-order valence-corrected chi connectivity index (χ2v) is 12.8. The molecule has 0 aliphatic carbocycles. The lowest BCUT2D eigenvalue weighted by atomic mass is 10.1. The third kappa shape index (κ3) is 7.76. The largest absolute Gasteiger partial charge is 0.497 e. The fourth-order valence-electron chi connectivity index (χ4n) is 3.99. The molecule has 0 aromatic heterocycles. The minimum absolute atomic E-state index is 0.0195. The van der Waals surface area contributed by atoms with Gasteiger partial charge >= 0.3 is 0 Å². The van der Waals surface area contributed by atoms with Gasteiger partial charge in [-0.25, -0.2) is 8.42 Å². The third-order valence-corrected chi connectivity index (χ3v) is 8.28. The topological polar surface area (TPSA) is 96.0 Å². The second kappa shape index (κ2) is 12.7. The van der Waals surface area contributed by atoms with Gasteiger partial charge in [0.1, 0.15) is 18.3 Å². The molecule has 3 rings (SSSR count). The van der Waals surface area contributed by atoms with E-state index in [1.165, 1.54) is 17.0 Å². The Labute approximate surface area is 241 Å². The van der Waals surface area contributed by atoms with E-state index in [0.29, 0.717) is 5.75 Å². The molecule has 40 heavy (non-hydrogen) atoms. The van der Waals surface area contributed by atoms with Gasteiger partial charge in [0.2, 0.25) is 11.8 Å². The molecule has 1 atom stereocenters. The van der Waals surface area contributed by atoms with Gasteiger partial charge in [-0.3, -0.25) is 13.9 Å². The summed E-state index contributed by atoms with van der Waals surface area (Å²) in [5.41, 5.74) is 1.27. The van der Waals surface area contributed by atoms with Crippen molar-refractivity contribution in [3.05, 3.63) is 88.9 Å². The first-order valence-electron chi connectivity index (χ1n) is 12.8. The molecule has 10 heteroatoms. The molecule has 0 aliphatic heterocycles. The molecular formula is C30H36ClN3O5S. The van der Waals surface area contributed by atoms with Gasteiger partial charge in [-0.15, -0.1) is 0 Å². The predicted octanol–water partition coefficient (Wildman–Crippen LogP) is 5.18. The number of anilines is 1. The first-order chi connectivity index (χ1) is 18.7. The van der Waals surface area contributed by atoms with Crippen LogP contribution in [-0.2, 0) is 26.2 Å². The lowest BCUT2D eigenvalue weighted by molar-refractivity contribution is -0.140. The maximum absolute atomic E-state index is 14.0. The Balaban J connectivity index is 2.04. The lowest BCUT2D eigenvalue weighted by Crippen LogP contribution is -2.54. The number of para-hydroxylation sites is 1. The first kappa shape index (κ1) is 31.0. The van der Waals surface area contributed by atoms with Gasteiger partial charge in [0, 0.05) is 12.1 Å². The van der Waals surface area contributed by atoms with Crippen molar-refractivity contribution in [1.82, 2.24) is 10.2 Å². The molecule has 0 saturated heterocycles. The number of carbonyl (C=O) groups is 2. The Bertz CT molecular complexity index is 1440. The molecular weight excluding hydrogens is 550 g/mol. The van der Waals surface area contributed by atoms with Crippen molar-refractivity contribution in [1.29, 1.82) is 0 Å². The maximum Gasteiger partial charge on any atom is 0.264 e. The van der Waals surface area contributed by atoms with E-state index in [-0.39, 0.29) is 28.1 Å². The number of benzene rings is 3. The number of hydrogen-bond acceptors (Lipinski definition) is 5. The Morgan fingerprint density at radius 2 is 1.57 bits per heavy atom. The van der Waals surface area contributed by atoms with Gasteiger partial charge in [-0.05, 0) is 76.6 Å². The number of amides is 2. The normalized spacial score (nSPS) is 12.4. The van der Waals surface area contributed by atoms with Crippen LogP contribution in [-0.4, -0.2) is 50.4 Å². The number of nitrogens with one attached hydrogen (secondary N) is 1. The van der Waals surface area contributed by atoms with E-state index in [4.69, 9.17) is 16.3 Å². The average Bonchev–Trinajstić information content (AvgIpc) is 2.90. The highest BCUT2D eigenvalue weighted by molar-refractivity contribution is 7.92. The van der Waals surface area contributed by atoms with E-state index in [9.17, 15) is 18.0 Å². The van der Waals surface area contributed by atoms with Crippen LogP contribution in [0.1, 0.15) is 38.8 Å². The zero-order valence-corrected chi connectivity index (χ0v) is 25.2. The zero-order valence-electron chi connectivity index (χ0n) is 23.6. The Kier molecular flexibility index (Phi) is 9.87. The minimum Gasteiger partial charge on any atom is -0.497 e. The first-order valence-corrected chi connectivity index (χ1v) is 14.6. The fourth-order valence-corrected chi connectivity index (χ4v) is 5.71. The minimum atomic E-state index is -4.19. The molecule has 1 N–H and O–H groups in total. The van der Waals surface area contributed by atoms with Crippen molar-refractivity contribution in [3.8, 4) is 5.75 Å². The van der Waals surface area contributed by atoms with Gasteiger partial charge in [0.25, 0.3) is 10.0 Å². The number of aryl methyl sites for hydroxylation is 1. The Hall–Kier alpha value is -3.56. The van der Waals surface area contributed by atoms with Crippen LogP contribution >= 0.6 is 11.6 Å². The van der Waals surface area contributed by atoms with Crippen LogP contribution < -0.4 is 14.4 Å². The quantitative estimate of drug-likeness (QED) is 0.353. The summed E-state index contributed by atoms with van der Waals surface area (Å²) >= 11 is 6.44. The Morgan fingerprint density at radius 1 is 0.975 bits per heavy atom. The summed E-state index contributed by atoms with van der Waals surface area (Å²) in [6.07, 6.45) is 0. The van der Waals surface area contributed by atoms with Crippen LogP contribution in [0, 0.1) is 6.92 Å². The summed E-state index contributed by atoms with van der Waals surface area (Å²) < 4.78 is 34.0. The van der Waals surface area contributed by atoms with Crippen LogP contribution in [0.5, 0.6) is 5.75 Å². The molecule has 0 bridgehead atoms. The SMILES string of the molecule is COc1ccc(CN(C(=O)CN(c2ccccc2Cl)S(=O)(=O)c2ccc(C)cc2)C(C)C(=O)NC(C)(C)C)cc1. The molecule has 0 heterocycles. The lowest BCUT2D eigenvalue weighted by Gasteiger charge is -2.33. The average molecular weight is 586 g/mol. The number of methoxy groups -OCH3 is 1. The predicted molar refractivity (Wildman–Crippen MR) is 158 cm³/mol. The number of hydrogen-bond donors (Lipinski definition) is 1. The van der Waals surface area contributed by atoms with Crippen molar-refractivity contribution >= 4 is 39.1 Å². The van der Waals surface area contributed by atoms with Crippen LogP contribution in [0.3, 0.4) is 0 Å². The van der Waals surface area contributed by atoms with Crippen LogP contribution in [0.25, 0.3) is 0 Å². The van der Waals surface area contributed by atoms with E-state index in [1.807, 2.05) is 27.7 Å². The van der Waals surface area contributed by atoms with Crippen LogP contribution in [0.2, 0.25) is 5.02 Å². The molecule has 0 fully saturated rings. The maximum atomic E-state index is 14.0. The number of nitrogens with zero attached hydrogens (tertiary/aromatic N) is 2. The molecule has 3 aromatic carbocycles. The molecule has 0 aliphatic rings. The molecule has 3 aromatic rings. The highest BCUT2D eigenvalue weighted by Gasteiger charge is 2.34. The number of halogens is 1. The van der Waals surface area contributed by atoms with E-state index >= 15 is 0 Å². The van der Waals surface area contributed by atoms with Crippen LogP contribution in [0.4, 0.5) is 5.69 Å². The zero-order chi connectivity index (χ0) is 29.7. The highest BCUT2D eigenvalue weighted by Crippen LogP contribution is 2.31. The standard InChI is InChI=1S/C30H36ClN3O5S/c1-21-11-17-25(18-12-21)40(37,38)34(27-10-8-7-9-26(27)31)20-28(35)33(22(2)29(36)32-30(3,4)5)19-23-13-15-24(39-6)16-14-23/h7-18,22H,19-20H2,1-6H3,(H,32,36). The molecule has 0 radical (unpaired) electrons. The number of ether oxygens (including phenoxy) is 1. The van der Waals surface area contributed by atoms with E-state index in [2.05, 4.69) is 5.32 Å². The monoisotopic (exact) mass is 585 g/mol. The number of sulfonamides is 1. The Morgan fingerprint density at radius 3 is 2.12 bits per heavy atom. The molecule has 8 nitrogen and oxygen atoms in total. The number of rotatable bonds is 10. The molecule has 214 valence electrons. The van der Waals surface area contributed by atoms with Crippen molar-refractivity contribution < 1.29 is 22.7 Å². The summed E-state index contributed by atoms with van der Waals surface area (Å²) in [6, 6.07) is 19.0. The fraction of sp³-hybridized carbons (Fsp3) is 0.333. The summed E-state index contributed by atoms with van der Waals surface area (Å²) in [4.78, 5) is 28.6. The summed E-state index contributed by atoms with van der Waals surface area (Å²) in [5, 5.41) is 3.08. The molecule has 1 unspecified atom stereocenters. The van der Waals surface area contributed by atoms with E-state index in [0.717, 1.165) is 15.4 Å². The highest BCUT2D eigenvalue weighted by atomic mass is 35.5. The summed E-state index contributed by atoms with van der Waals surface area (Å²) in [6.45, 7) is 8.52. The van der Waals surface area contributed by atoms with Gasteiger partial charge in [-0.2, -0.15) is 0 Å². The van der Waals surface area contributed by atoms with Crippen molar-refractivity contribution in [2.24, 2.45) is 0 Å². The van der Waals surface area contributed by atoms with Gasteiger partial charge in [-0.1, -0.05) is 53.6 Å². The van der Waals surface area contributed by atoms with Gasteiger partial charge in [0.15, 0.2) is 0 Å². The van der Waals surface area contributed by atoms with Gasteiger partial charge < -0.3 is 15.0 Å². The second-order valence-electron chi connectivity index (χ2n) is 10.6. The summed E-state index contributed by atoms with van der Waals surface area (Å²) in [5.74, 6) is -0.280. The smallest absolute Gasteiger partial charge is 0.264 e. The van der Waals surface area contributed by atoms with Crippen molar-refractivity contribution in [2.45, 2.75) is 57.6 Å². The molecule has 0 saturated carbocycles. The molecule has 0 spiro atoms. The van der Waals surface area contributed by atoms with E-state index in [1.54, 1.807) is 74.7 Å². The molecule has 2 amide bonds. The van der Waals surface area contributed by atoms with Crippen molar-refractivity contribution in [3.63, 3.8) is 0 Å².